The van der Waals surface area contributed by atoms with Gasteiger partial charge in [0.05, 0.1) is 23.6 Å². The van der Waals surface area contributed by atoms with E-state index in [0.29, 0.717) is 34.6 Å². The van der Waals surface area contributed by atoms with Gasteiger partial charge < -0.3 is 9.32 Å². The van der Waals surface area contributed by atoms with Gasteiger partial charge in [-0.15, -0.1) is 10.2 Å². The zero-order valence-electron chi connectivity index (χ0n) is 17.7. The summed E-state index contributed by atoms with van der Waals surface area (Å²) in [4.78, 5) is 16.9. The highest BCUT2D eigenvalue weighted by atomic mass is 35.5. The van der Waals surface area contributed by atoms with Gasteiger partial charge >= 0.3 is 0 Å². The van der Waals surface area contributed by atoms with Crippen molar-refractivity contribution in [2.45, 2.75) is 32.7 Å². The zero-order chi connectivity index (χ0) is 22.2. The van der Waals surface area contributed by atoms with E-state index in [1.807, 2.05) is 50.2 Å². The van der Waals surface area contributed by atoms with Crippen molar-refractivity contribution in [3.63, 3.8) is 0 Å². The van der Waals surface area contributed by atoms with Gasteiger partial charge in [-0.25, -0.2) is 0 Å². The van der Waals surface area contributed by atoms with Crippen LogP contribution in [0.15, 0.2) is 53.2 Å². The van der Waals surface area contributed by atoms with Gasteiger partial charge in [0.25, 0.3) is 5.91 Å². The van der Waals surface area contributed by atoms with Gasteiger partial charge in [-0.1, -0.05) is 29.3 Å². The number of likely N-dealkylation sites (tertiary alicyclic amines) is 1. The third kappa shape index (κ3) is 3.56. The minimum Gasteiger partial charge on any atom is -0.418 e. The molecule has 3 heterocycles. The van der Waals surface area contributed by atoms with Crippen LogP contribution in [0.2, 0.25) is 5.02 Å². The molecule has 0 saturated carbocycles. The van der Waals surface area contributed by atoms with E-state index in [4.69, 9.17) is 16.0 Å². The lowest BCUT2D eigenvalue weighted by atomic mass is 10.1. The maximum atomic E-state index is 13.6. The molecule has 1 aliphatic heterocycles. The lowest BCUT2D eigenvalue weighted by molar-refractivity contribution is 0.0715. The van der Waals surface area contributed by atoms with Crippen molar-refractivity contribution >= 4 is 17.5 Å². The number of hydrogen-bond acceptors (Lipinski definition) is 6. The summed E-state index contributed by atoms with van der Waals surface area (Å²) < 4.78 is 6.03. The Hall–Kier alpha value is -3.52. The van der Waals surface area contributed by atoms with Gasteiger partial charge in [0.2, 0.25) is 11.8 Å². The van der Waals surface area contributed by atoms with Gasteiger partial charge in [-0.3, -0.25) is 4.79 Å². The Morgan fingerprint density at radius 1 is 1.12 bits per heavy atom. The van der Waals surface area contributed by atoms with Crippen molar-refractivity contribution in [2.24, 2.45) is 0 Å². The molecule has 2 aromatic heterocycles. The molecule has 162 valence electrons. The highest BCUT2D eigenvalue weighted by Crippen LogP contribution is 2.35. The van der Waals surface area contributed by atoms with E-state index in [2.05, 4.69) is 20.4 Å². The van der Waals surface area contributed by atoms with E-state index in [0.717, 1.165) is 29.5 Å². The maximum absolute atomic E-state index is 13.6. The predicted octanol–water partition coefficient (Wildman–Crippen LogP) is 4.56. The van der Waals surface area contributed by atoms with Crippen LogP contribution < -0.4 is 0 Å². The Bertz CT molecular complexity index is 1280. The Morgan fingerprint density at radius 2 is 1.94 bits per heavy atom. The molecule has 0 N–H and O–H groups in total. The third-order valence-corrected chi connectivity index (χ3v) is 6.16. The summed E-state index contributed by atoms with van der Waals surface area (Å²) in [5, 5.41) is 17.5. The van der Waals surface area contributed by atoms with E-state index >= 15 is 0 Å². The van der Waals surface area contributed by atoms with E-state index < -0.39 is 0 Å². The molecule has 2 aromatic carbocycles. The summed E-state index contributed by atoms with van der Waals surface area (Å²) >= 11 is 6.25. The zero-order valence-corrected chi connectivity index (χ0v) is 18.5. The SMILES string of the molecule is Cc1ccc(-n2nccn2)c(C(=O)N2CCCC2c2nnc(-c3cccc(Cl)c3C)o2)c1. The lowest BCUT2D eigenvalue weighted by Gasteiger charge is -2.23. The molecule has 0 spiro atoms. The molecule has 1 saturated heterocycles. The van der Waals surface area contributed by atoms with Gasteiger partial charge in [-0.05, 0) is 56.5 Å². The minimum atomic E-state index is -0.290. The average molecular weight is 449 g/mol. The van der Waals surface area contributed by atoms with Crippen molar-refractivity contribution in [2.75, 3.05) is 6.54 Å². The van der Waals surface area contributed by atoms with E-state index in [1.54, 1.807) is 17.3 Å². The number of halogens is 1. The van der Waals surface area contributed by atoms with E-state index in [-0.39, 0.29) is 11.9 Å². The van der Waals surface area contributed by atoms with Crippen molar-refractivity contribution in [1.29, 1.82) is 0 Å². The molecule has 1 unspecified atom stereocenters. The Kier molecular flexibility index (Phi) is 5.22. The number of aryl methyl sites for hydroxylation is 1. The predicted molar refractivity (Wildman–Crippen MR) is 119 cm³/mol. The molecule has 5 rings (SSSR count). The fraction of sp³-hybridized carbons (Fsp3) is 0.261. The number of nitrogens with zero attached hydrogens (tertiary/aromatic N) is 6. The summed E-state index contributed by atoms with van der Waals surface area (Å²) in [7, 11) is 0. The molecule has 4 aromatic rings. The lowest BCUT2D eigenvalue weighted by Crippen LogP contribution is -2.31. The quantitative estimate of drug-likeness (QED) is 0.454. The fourth-order valence-corrected chi connectivity index (χ4v) is 4.25. The van der Waals surface area contributed by atoms with Crippen molar-refractivity contribution in [3.05, 3.63) is 76.4 Å². The summed E-state index contributed by atoms with van der Waals surface area (Å²) in [5.74, 6) is 0.718. The van der Waals surface area contributed by atoms with Crippen molar-refractivity contribution in [1.82, 2.24) is 30.1 Å². The van der Waals surface area contributed by atoms with Crippen LogP contribution in [0.3, 0.4) is 0 Å². The second-order valence-electron chi connectivity index (χ2n) is 7.85. The van der Waals surface area contributed by atoms with Crippen LogP contribution in [-0.4, -0.2) is 42.5 Å². The highest BCUT2D eigenvalue weighted by Gasteiger charge is 2.35. The normalized spacial score (nSPS) is 16.0. The first-order chi connectivity index (χ1) is 15.5. The van der Waals surface area contributed by atoms with Gasteiger partial charge in [0.1, 0.15) is 6.04 Å². The first kappa shape index (κ1) is 20.4. The number of aromatic nitrogens is 5. The monoisotopic (exact) mass is 448 g/mol. The Morgan fingerprint density at radius 3 is 2.75 bits per heavy atom. The second kappa shape index (κ2) is 8.20. The molecule has 1 amide bonds. The second-order valence-corrected chi connectivity index (χ2v) is 8.26. The number of amides is 1. The smallest absolute Gasteiger partial charge is 0.256 e. The van der Waals surface area contributed by atoms with Gasteiger partial charge in [0.15, 0.2) is 0 Å². The van der Waals surface area contributed by atoms with Gasteiger partial charge in [-0.2, -0.15) is 15.0 Å². The van der Waals surface area contributed by atoms with Gasteiger partial charge in [0, 0.05) is 17.1 Å². The maximum Gasteiger partial charge on any atom is 0.256 e. The van der Waals surface area contributed by atoms with Crippen LogP contribution in [0.4, 0.5) is 0 Å². The summed E-state index contributed by atoms with van der Waals surface area (Å²) in [6.45, 7) is 4.48. The highest BCUT2D eigenvalue weighted by molar-refractivity contribution is 6.31. The largest absolute Gasteiger partial charge is 0.418 e. The van der Waals surface area contributed by atoms with Crippen LogP contribution in [0, 0.1) is 13.8 Å². The van der Waals surface area contributed by atoms with Crippen LogP contribution in [-0.2, 0) is 0 Å². The van der Waals surface area contributed by atoms with Crippen molar-refractivity contribution < 1.29 is 9.21 Å². The Balaban J connectivity index is 1.48. The molecular weight excluding hydrogens is 428 g/mol. The number of carbonyl (C=O) groups is 1. The number of carbonyl (C=O) groups excluding carboxylic acids is 1. The minimum absolute atomic E-state index is 0.109. The Labute approximate surface area is 189 Å². The summed E-state index contributed by atoms with van der Waals surface area (Å²) in [6, 6.07) is 10.9. The number of rotatable bonds is 4. The third-order valence-electron chi connectivity index (χ3n) is 5.75. The first-order valence-corrected chi connectivity index (χ1v) is 10.8. The molecule has 1 aliphatic rings. The van der Waals surface area contributed by atoms with Crippen LogP contribution in [0.5, 0.6) is 0 Å². The standard InChI is InChI=1S/C23H21ClN6O2/c1-14-8-9-19(30-25-10-11-26-30)17(13-14)23(31)29-12-4-7-20(29)22-28-27-21(32-22)16-5-3-6-18(24)15(16)2/h3,5-6,8-11,13,20H,4,7,12H2,1-2H3. The van der Waals surface area contributed by atoms with Crippen LogP contribution in [0.25, 0.3) is 17.1 Å². The molecule has 8 nitrogen and oxygen atoms in total. The molecule has 1 fully saturated rings. The average Bonchev–Trinajstić information content (AvgIpc) is 3.56. The van der Waals surface area contributed by atoms with Crippen molar-refractivity contribution in [3.8, 4) is 17.1 Å². The molecule has 0 aliphatic carbocycles. The molecule has 0 bridgehead atoms. The molecule has 0 radical (unpaired) electrons. The van der Waals surface area contributed by atoms with E-state index in [1.165, 1.54) is 4.80 Å². The first-order valence-electron chi connectivity index (χ1n) is 10.4. The molecule has 1 atom stereocenters. The number of hydrogen-bond donors (Lipinski definition) is 0. The van der Waals surface area contributed by atoms with Crippen LogP contribution in [0.1, 0.15) is 46.3 Å². The molecular formula is C23H21ClN6O2. The summed E-state index contributed by atoms with van der Waals surface area (Å²) in [6.07, 6.45) is 4.78. The summed E-state index contributed by atoms with van der Waals surface area (Å²) in [5.41, 5.74) is 3.82. The fourth-order valence-electron chi connectivity index (χ4n) is 4.07. The molecule has 9 heteroatoms. The van der Waals surface area contributed by atoms with Crippen LogP contribution >= 0.6 is 11.6 Å². The number of benzene rings is 2. The van der Waals surface area contributed by atoms with E-state index in [9.17, 15) is 4.79 Å². The topological polar surface area (TPSA) is 89.9 Å². The molecule has 32 heavy (non-hydrogen) atoms.